The highest BCUT2D eigenvalue weighted by Gasteiger charge is 2.15. The molecule has 0 amide bonds. The molecule has 1 aromatic heterocycles. The Balaban J connectivity index is 2.39. The van der Waals surface area contributed by atoms with E-state index in [4.69, 9.17) is 4.74 Å². The van der Waals surface area contributed by atoms with Crippen LogP contribution in [-0.2, 0) is 0 Å². The fourth-order valence-electron chi connectivity index (χ4n) is 2.74. The lowest BCUT2D eigenvalue weighted by molar-refractivity contribution is 0.416. The van der Waals surface area contributed by atoms with Crippen LogP contribution in [0.1, 0.15) is 11.3 Å². The van der Waals surface area contributed by atoms with Gasteiger partial charge in [0.2, 0.25) is 0 Å². The van der Waals surface area contributed by atoms with Crippen LogP contribution < -0.4 is 4.74 Å². The van der Waals surface area contributed by atoms with Crippen molar-refractivity contribution in [1.82, 2.24) is 4.98 Å². The minimum Gasteiger partial charge on any atom is -0.496 e. The third-order valence-electron chi connectivity index (χ3n) is 3.60. The van der Waals surface area contributed by atoms with Crippen molar-refractivity contribution < 1.29 is 4.74 Å². The first-order chi connectivity index (χ1) is 9.22. The predicted molar refractivity (Wildman–Crippen MR) is 79.8 cm³/mol. The van der Waals surface area contributed by atoms with Crippen molar-refractivity contribution >= 4 is 10.9 Å². The number of fused-ring (bicyclic) bond motifs is 1. The standard InChI is InChI=1S/C17H17NO/c1-11-7-6-9-14-16(11)17(12(2)18-14)13-8-4-5-10-15(13)19-3/h4-10,18H,1-3H3. The number of methoxy groups -OCH3 is 1. The predicted octanol–water partition coefficient (Wildman–Crippen LogP) is 4.46. The maximum absolute atomic E-state index is 5.50. The SMILES string of the molecule is COc1ccccc1-c1c(C)[nH]c2cccc(C)c12. The second-order valence-electron chi connectivity index (χ2n) is 4.82. The van der Waals surface area contributed by atoms with Gasteiger partial charge in [-0.3, -0.25) is 0 Å². The summed E-state index contributed by atoms with van der Waals surface area (Å²) >= 11 is 0. The summed E-state index contributed by atoms with van der Waals surface area (Å²) in [6.45, 7) is 4.26. The van der Waals surface area contributed by atoms with Crippen molar-refractivity contribution in [2.45, 2.75) is 13.8 Å². The van der Waals surface area contributed by atoms with Crippen LogP contribution in [0.3, 0.4) is 0 Å². The van der Waals surface area contributed by atoms with E-state index in [-0.39, 0.29) is 0 Å². The van der Waals surface area contributed by atoms with Crippen LogP contribution in [0, 0.1) is 13.8 Å². The number of H-pyrrole nitrogens is 1. The minimum absolute atomic E-state index is 0.912. The zero-order valence-electron chi connectivity index (χ0n) is 11.4. The number of aryl methyl sites for hydroxylation is 2. The monoisotopic (exact) mass is 251 g/mol. The molecule has 2 heteroatoms. The Labute approximate surface area is 113 Å². The third kappa shape index (κ3) is 1.80. The zero-order valence-corrected chi connectivity index (χ0v) is 11.4. The highest BCUT2D eigenvalue weighted by atomic mass is 16.5. The van der Waals surface area contributed by atoms with Gasteiger partial charge in [-0.1, -0.05) is 30.3 Å². The molecule has 19 heavy (non-hydrogen) atoms. The maximum Gasteiger partial charge on any atom is 0.126 e. The Kier molecular flexibility index (Phi) is 2.79. The molecule has 0 radical (unpaired) electrons. The largest absolute Gasteiger partial charge is 0.496 e. The number of aromatic amines is 1. The van der Waals surface area contributed by atoms with E-state index < -0.39 is 0 Å². The number of rotatable bonds is 2. The Morgan fingerprint density at radius 3 is 2.53 bits per heavy atom. The number of aromatic nitrogens is 1. The summed E-state index contributed by atoms with van der Waals surface area (Å²) in [5.41, 5.74) is 6.02. The van der Waals surface area contributed by atoms with Gasteiger partial charge in [0.05, 0.1) is 7.11 Å². The van der Waals surface area contributed by atoms with E-state index in [0.717, 1.165) is 11.3 Å². The Bertz CT molecular complexity index is 740. The molecule has 0 saturated carbocycles. The third-order valence-corrected chi connectivity index (χ3v) is 3.60. The molecule has 0 fully saturated rings. The lowest BCUT2D eigenvalue weighted by Gasteiger charge is -2.09. The van der Waals surface area contributed by atoms with Crippen molar-refractivity contribution in [3.8, 4) is 16.9 Å². The van der Waals surface area contributed by atoms with E-state index >= 15 is 0 Å². The van der Waals surface area contributed by atoms with Gasteiger partial charge in [0.1, 0.15) is 5.75 Å². The van der Waals surface area contributed by atoms with Crippen molar-refractivity contribution in [3.63, 3.8) is 0 Å². The summed E-state index contributed by atoms with van der Waals surface area (Å²) < 4.78 is 5.50. The number of para-hydroxylation sites is 1. The van der Waals surface area contributed by atoms with Gasteiger partial charge >= 0.3 is 0 Å². The van der Waals surface area contributed by atoms with Gasteiger partial charge in [0.25, 0.3) is 0 Å². The molecule has 0 aliphatic carbocycles. The van der Waals surface area contributed by atoms with Crippen LogP contribution in [0.25, 0.3) is 22.0 Å². The maximum atomic E-state index is 5.50. The molecule has 0 spiro atoms. The molecule has 96 valence electrons. The number of hydrogen-bond donors (Lipinski definition) is 1. The molecule has 0 aliphatic rings. The molecule has 3 rings (SSSR count). The van der Waals surface area contributed by atoms with E-state index in [1.165, 1.54) is 27.7 Å². The molecule has 2 aromatic carbocycles. The molecule has 2 nitrogen and oxygen atoms in total. The topological polar surface area (TPSA) is 25.0 Å². The molecule has 0 bridgehead atoms. The Morgan fingerprint density at radius 1 is 0.947 bits per heavy atom. The average molecular weight is 251 g/mol. The molecule has 3 aromatic rings. The number of nitrogens with one attached hydrogen (secondary N) is 1. The van der Waals surface area contributed by atoms with Crippen LogP contribution in [0.5, 0.6) is 5.75 Å². The van der Waals surface area contributed by atoms with E-state index in [1.807, 2.05) is 12.1 Å². The minimum atomic E-state index is 0.912. The first-order valence-electron chi connectivity index (χ1n) is 6.43. The fraction of sp³-hybridized carbons (Fsp3) is 0.176. The second kappa shape index (κ2) is 4.47. The van der Waals surface area contributed by atoms with E-state index in [1.54, 1.807) is 7.11 Å². The summed E-state index contributed by atoms with van der Waals surface area (Å²) in [6.07, 6.45) is 0. The summed E-state index contributed by atoms with van der Waals surface area (Å²) in [5.74, 6) is 0.912. The van der Waals surface area contributed by atoms with Crippen LogP contribution >= 0.6 is 0 Å². The van der Waals surface area contributed by atoms with Crippen molar-refractivity contribution in [3.05, 3.63) is 53.7 Å². The van der Waals surface area contributed by atoms with Crippen LogP contribution in [0.2, 0.25) is 0 Å². The van der Waals surface area contributed by atoms with Crippen molar-refractivity contribution in [2.24, 2.45) is 0 Å². The summed E-state index contributed by atoms with van der Waals surface area (Å²) in [7, 11) is 1.72. The first-order valence-corrected chi connectivity index (χ1v) is 6.43. The molecule has 0 aliphatic heterocycles. The van der Waals surface area contributed by atoms with Crippen molar-refractivity contribution in [2.75, 3.05) is 7.11 Å². The van der Waals surface area contributed by atoms with Gasteiger partial charge in [0.15, 0.2) is 0 Å². The smallest absolute Gasteiger partial charge is 0.126 e. The van der Waals surface area contributed by atoms with Gasteiger partial charge in [-0.25, -0.2) is 0 Å². The van der Waals surface area contributed by atoms with Crippen LogP contribution in [0.15, 0.2) is 42.5 Å². The lowest BCUT2D eigenvalue weighted by atomic mass is 9.98. The first kappa shape index (κ1) is 11.8. The number of benzene rings is 2. The molecule has 0 atom stereocenters. The second-order valence-corrected chi connectivity index (χ2v) is 4.82. The highest BCUT2D eigenvalue weighted by Crippen LogP contribution is 2.38. The summed E-state index contributed by atoms with van der Waals surface area (Å²) in [5, 5.41) is 1.28. The normalized spacial score (nSPS) is 10.9. The molecule has 0 unspecified atom stereocenters. The van der Waals surface area contributed by atoms with Gasteiger partial charge in [0, 0.05) is 27.7 Å². The lowest BCUT2D eigenvalue weighted by Crippen LogP contribution is -1.88. The van der Waals surface area contributed by atoms with Gasteiger partial charge in [-0.15, -0.1) is 0 Å². The molecular formula is C17H17NO. The molecule has 1 heterocycles. The number of ether oxygens (including phenoxy) is 1. The average Bonchev–Trinajstić information content (AvgIpc) is 2.76. The van der Waals surface area contributed by atoms with Crippen LogP contribution in [0.4, 0.5) is 0 Å². The quantitative estimate of drug-likeness (QED) is 0.714. The summed E-state index contributed by atoms with van der Waals surface area (Å²) in [6, 6.07) is 14.5. The molecule has 0 saturated heterocycles. The van der Waals surface area contributed by atoms with E-state index in [2.05, 4.69) is 49.2 Å². The van der Waals surface area contributed by atoms with E-state index in [9.17, 15) is 0 Å². The Morgan fingerprint density at radius 2 is 1.74 bits per heavy atom. The van der Waals surface area contributed by atoms with E-state index in [0.29, 0.717) is 0 Å². The fourth-order valence-corrected chi connectivity index (χ4v) is 2.74. The summed E-state index contributed by atoms with van der Waals surface area (Å²) in [4.78, 5) is 3.46. The highest BCUT2D eigenvalue weighted by molar-refractivity contribution is 6.00. The zero-order chi connectivity index (χ0) is 13.4. The van der Waals surface area contributed by atoms with Gasteiger partial charge < -0.3 is 9.72 Å². The Hall–Kier alpha value is -2.22. The molecule has 1 N–H and O–H groups in total. The van der Waals surface area contributed by atoms with Gasteiger partial charge in [-0.2, -0.15) is 0 Å². The van der Waals surface area contributed by atoms with Crippen LogP contribution in [-0.4, -0.2) is 12.1 Å². The molecular weight excluding hydrogens is 234 g/mol. The van der Waals surface area contributed by atoms with Gasteiger partial charge in [-0.05, 0) is 31.5 Å². The van der Waals surface area contributed by atoms with Crippen molar-refractivity contribution in [1.29, 1.82) is 0 Å². The number of hydrogen-bond acceptors (Lipinski definition) is 1.